The van der Waals surface area contributed by atoms with Crippen molar-refractivity contribution >= 4 is 0 Å². The van der Waals surface area contributed by atoms with Crippen molar-refractivity contribution in [3.05, 3.63) is 0 Å². The van der Waals surface area contributed by atoms with Gasteiger partial charge in [-0.05, 0) is 19.3 Å². The molecule has 0 fully saturated rings. The highest BCUT2D eigenvalue weighted by Gasteiger charge is 2.04. The van der Waals surface area contributed by atoms with Crippen LogP contribution in [0.2, 0.25) is 0 Å². The molecule has 0 bridgehead atoms. The molecule has 1 N–H and O–H groups in total. The molecule has 0 aromatic heterocycles. The number of nitrogens with zero attached hydrogens (tertiary/aromatic N) is 1. The van der Waals surface area contributed by atoms with Gasteiger partial charge in [0.25, 0.3) is 0 Å². The van der Waals surface area contributed by atoms with E-state index in [0.29, 0.717) is 6.61 Å². The molecule has 0 spiro atoms. The Balaban J connectivity index is -0.000000779. The number of hydrogen-bond acceptors (Lipinski definition) is 1. The van der Waals surface area contributed by atoms with E-state index in [4.69, 9.17) is 5.11 Å². The SMILES string of the molecule is CCCCCCCCCCCCCCCCCC[N+](C)(C)C.CCCCCCO.[Cl-]. The van der Waals surface area contributed by atoms with Crippen LogP contribution in [0.5, 0.6) is 0 Å². The molecule has 0 radical (unpaired) electrons. The standard InChI is InChI=1S/C21H46N.C6H14O.ClH/c1-5-6-7-8-9-10-11-12-13-14-15-16-17-18-19-20-21-22(2,3)4;1-2-3-4-5-6-7;/h5-21H2,1-4H3;7H,2-6H2,1H3;1H/q+1;;/p-1. The van der Waals surface area contributed by atoms with Gasteiger partial charge in [-0.3, -0.25) is 0 Å². The second-order valence-corrected chi connectivity index (χ2v) is 10.1. The zero-order valence-electron chi connectivity index (χ0n) is 21.8. The molecule has 186 valence electrons. The van der Waals surface area contributed by atoms with Crippen LogP contribution in [-0.2, 0) is 0 Å². The smallest absolute Gasteiger partial charge is 0.0780 e. The maximum atomic E-state index is 8.29. The van der Waals surface area contributed by atoms with Crippen molar-refractivity contribution in [2.24, 2.45) is 0 Å². The van der Waals surface area contributed by atoms with Crippen molar-refractivity contribution in [1.82, 2.24) is 0 Å². The first-order valence-corrected chi connectivity index (χ1v) is 13.4. The third-order valence-electron chi connectivity index (χ3n) is 5.69. The number of aliphatic hydroxyl groups is 1. The predicted molar refractivity (Wildman–Crippen MR) is 134 cm³/mol. The first-order chi connectivity index (χ1) is 14.0. The quantitative estimate of drug-likeness (QED) is 0.181. The maximum Gasteiger partial charge on any atom is 0.0780 e. The van der Waals surface area contributed by atoms with E-state index in [9.17, 15) is 0 Å². The topological polar surface area (TPSA) is 20.2 Å². The average Bonchev–Trinajstić information content (AvgIpc) is 2.68. The summed E-state index contributed by atoms with van der Waals surface area (Å²) in [6.45, 7) is 6.15. The summed E-state index contributed by atoms with van der Waals surface area (Å²) < 4.78 is 1.12. The molecular weight excluding hydrogens is 390 g/mol. The lowest BCUT2D eigenvalue weighted by atomic mass is 10.0. The first kappa shape index (κ1) is 34.8. The Morgan fingerprint density at radius 2 is 0.700 bits per heavy atom. The molecule has 0 amide bonds. The summed E-state index contributed by atoms with van der Waals surface area (Å²) >= 11 is 0. The van der Waals surface area contributed by atoms with Gasteiger partial charge in [-0.15, -0.1) is 0 Å². The second-order valence-electron chi connectivity index (χ2n) is 10.1. The normalized spacial score (nSPS) is 11.0. The van der Waals surface area contributed by atoms with Gasteiger partial charge in [-0.25, -0.2) is 0 Å². The minimum absolute atomic E-state index is 0. The molecule has 30 heavy (non-hydrogen) atoms. The number of halogens is 1. The minimum atomic E-state index is 0. The predicted octanol–water partition coefficient (Wildman–Crippen LogP) is 5.52. The Morgan fingerprint density at radius 3 is 0.967 bits per heavy atom. The van der Waals surface area contributed by atoms with Gasteiger partial charge in [0.1, 0.15) is 0 Å². The molecule has 0 aromatic rings. The van der Waals surface area contributed by atoms with Crippen LogP contribution in [0.1, 0.15) is 142 Å². The van der Waals surface area contributed by atoms with Crippen LogP contribution in [0, 0.1) is 0 Å². The Kier molecular flexibility index (Phi) is 33.9. The Hall–Kier alpha value is 0.210. The molecular formula is C27H60ClNO. The lowest BCUT2D eigenvalue weighted by Crippen LogP contribution is -3.00. The van der Waals surface area contributed by atoms with Gasteiger partial charge in [0.2, 0.25) is 0 Å². The Morgan fingerprint density at radius 1 is 0.433 bits per heavy atom. The zero-order valence-corrected chi connectivity index (χ0v) is 22.6. The van der Waals surface area contributed by atoms with Gasteiger partial charge in [-0.2, -0.15) is 0 Å². The largest absolute Gasteiger partial charge is 1.00 e. The summed E-state index contributed by atoms with van der Waals surface area (Å²) in [4.78, 5) is 0. The van der Waals surface area contributed by atoms with Crippen molar-refractivity contribution in [3.8, 4) is 0 Å². The van der Waals surface area contributed by atoms with Gasteiger partial charge < -0.3 is 22.0 Å². The molecule has 2 nitrogen and oxygen atoms in total. The van der Waals surface area contributed by atoms with E-state index in [1.165, 1.54) is 129 Å². The van der Waals surface area contributed by atoms with Crippen molar-refractivity contribution in [1.29, 1.82) is 0 Å². The third-order valence-corrected chi connectivity index (χ3v) is 5.69. The lowest BCUT2D eigenvalue weighted by Gasteiger charge is -2.23. The van der Waals surface area contributed by atoms with Crippen molar-refractivity contribution in [2.75, 3.05) is 34.3 Å². The summed E-state index contributed by atoms with van der Waals surface area (Å²) in [5.41, 5.74) is 0. The van der Waals surface area contributed by atoms with Gasteiger partial charge in [0, 0.05) is 6.61 Å². The Bertz CT molecular complexity index is 275. The average molecular weight is 450 g/mol. The van der Waals surface area contributed by atoms with Gasteiger partial charge in [0.05, 0.1) is 27.7 Å². The molecule has 0 heterocycles. The summed E-state index contributed by atoms with van der Waals surface area (Å²) in [5.74, 6) is 0. The van der Waals surface area contributed by atoms with Crippen LogP contribution in [0.3, 0.4) is 0 Å². The van der Waals surface area contributed by atoms with E-state index in [2.05, 4.69) is 35.0 Å². The highest BCUT2D eigenvalue weighted by Crippen LogP contribution is 2.13. The molecule has 0 aliphatic carbocycles. The summed E-state index contributed by atoms with van der Waals surface area (Å²) in [6, 6.07) is 0. The highest BCUT2D eigenvalue weighted by atomic mass is 35.5. The van der Waals surface area contributed by atoms with Crippen LogP contribution in [0.25, 0.3) is 0 Å². The number of rotatable bonds is 21. The molecule has 0 aromatic carbocycles. The summed E-state index contributed by atoms with van der Waals surface area (Å²) in [6.07, 6.45) is 28.0. The van der Waals surface area contributed by atoms with E-state index in [1.807, 2.05) is 0 Å². The molecule has 0 aliphatic heterocycles. The fraction of sp³-hybridized carbons (Fsp3) is 1.00. The monoisotopic (exact) mass is 449 g/mol. The van der Waals surface area contributed by atoms with Gasteiger partial charge in [0.15, 0.2) is 0 Å². The van der Waals surface area contributed by atoms with E-state index in [-0.39, 0.29) is 12.4 Å². The molecule has 0 rings (SSSR count). The lowest BCUT2D eigenvalue weighted by molar-refractivity contribution is -0.870. The van der Waals surface area contributed by atoms with E-state index >= 15 is 0 Å². The fourth-order valence-electron chi connectivity index (χ4n) is 3.67. The second kappa shape index (κ2) is 29.2. The molecule has 0 saturated heterocycles. The molecule has 0 atom stereocenters. The molecule has 0 aliphatic rings. The third kappa shape index (κ3) is 38.8. The first-order valence-electron chi connectivity index (χ1n) is 13.4. The van der Waals surface area contributed by atoms with E-state index in [1.54, 1.807) is 0 Å². The van der Waals surface area contributed by atoms with Crippen molar-refractivity contribution in [3.63, 3.8) is 0 Å². The van der Waals surface area contributed by atoms with Crippen LogP contribution in [-0.4, -0.2) is 43.9 Å². The minimum Gasteiger partial charge on any atom is -1.00 e. The Labute approximate surface area is 198 Å². The van der Waals surface area contributed by atoms with Crippen LogP contribution in [0.4, 0.5) is 0 Å². The number of hydrogen-bond donors (Lipinski definition) is 1. The van der Waals surface area contributed by atoms with Crippen LogP contribution < -0.4 is 12.4 Å². The van der Waals surface area contributed by atoms with Crippen LogP contribution >= 0.6 is 0 Å². The van der Waals surface area contributed by atoms with E-state index < -0.39 is 0 Å². The molecule has 0 unspecified atom stereocenters. The number of quaternary nitrogens is 1. The number of unbranched alkanes of at least 4 members (excludes halogenated alkanes) is 18. The summed E-state index contributed by atoms with van der Waals surface area (Å²) in [7, 11) is 6.89. The fourth-order valence-corrected chi connectivity index (χ4v) is 3.67. The van der Waals surface area contributed by atoms with Crippen molar-refractivity contribution in [2.45, 2.75) is 142 Å². The van der Waals surface area contributed by atoms with E-state index in [0.717, 1.165) is 10.9 Å². The van der Waals surface area contributed by atoms with Gasteiger partial charge >= 0.3 is 0 Å². The zero-order chi connectivity index (χ0) is 22.1. The highest BCUT2D eigenvalue weighted by molar-refractivity contribution is 4.50. The van der Waals surface area contributed by atoms with Crippen molar-refractivity contribution < 1.29 is 22.0 Å². The summed E-state index contributed by atoms with van der Waals surface area (Å²) in [5, 5.41) is 8.29. The maximum absolute atomic E-state index is 8.29. The number of aliphatic hydroxyl groups excluding tert-OH is 1. The van der Waals surface area contributed by atoms with Gasteiger partial charge in [-0.1, -0.05) is 123 Å². The molecule has 0 saturated carbocycles. The van der Waals surface area contributed by atoms with Crippen LogP contribution in [0.15, 0.2) is 0 Å². The molecule has 3 heteroatoms.